The van der Waals surface area contributed by atoms with Crippen molar-refractivity contribution in [1.82, 2.24) is 15.0 Å². The SMILES string of the molecule is Clc1ccc2[nH]c(Br)nc2n1. The molecule has 0 atom stereocenters. The number of halogens is 2. The molecule has 1 N–H and O–H groups in total. The number of fused-ring (bicyclic) bond motifs is 1. The van der Waals surface area contributed by atoms with E-state index in [1.165, 1.54) is 0 Å². The Morgan fingerprint density at radius 2 is 2.18 bits per heavy atom. The number of nitrogens with one attached hydrogen (secondary N) is 1. The summed E-state index contributed by atoms with van der Waals surface area (Å²) in [7, 11) is 0. The zero-order chi connectivity index (χ0) is 7.84. The highest BCUT2D eigenvalue weighted by Gasteiger charge is 2.00. The molecule has 2 aromatic heterocycles. The quantitative estimate of drug-likeness (QED) is 0.709. The van der Waals surface area contributed by atoms with Gasteiger partial charge >= 0.3 is 0 Å². The van der Waals surface area contributed by atoms with Crippen molar-refractivity contribution >= 4 is 38.7 Å². The van der Waals surface area contributed by atoms with Gasteiger partial charge in [0.25, 0.3) is 0 Å². The van der Waals surface area contributed by atoms with E-state index < -0.39 is 0 Å². The molecule has 0 bridgehead atoms. The van der Waals surface area contributed by atoms with Crippen LogP contribution >= 0.6 is 27.5 Å². The van der Waals surface area contributed by atoms with Crippen molar-refractivity contribution in [2.75, 3.05) is 0 Å². The molecule has 0 saturated heterocycles. The van der Waals surface area contributed by atoms with Crippen molar-refractivity contribution in [1.29, 1.82) is 0 Å². The van der Waals surface area contributed by atoms with E-state index in [1.807, 2.05) is 6.07 Å². The Kier molecular flexibility index (Phi) is 1.58. The average molecular weight is 232 g/mol. The molecular weight excluding hydrogens is 229 g/mol. The minimum Gasteiger partial charge on any atom is -0.331 e. The number of pyridine rings is 1. The van der Waals surface area contributed by atoms with Crippen LogP contribution in [0.1, 0.15) is 0 Å². The van der Waals surface area contributed by atoms with Crippen LogP contribution in [0.4, 0.5) is 0 Å². The molecule has 2 rings (SSSR count). The zero-order valence-electron chi connectivity index (χ0n) is 5.31. The number of hydrogen-bond donors (Lipinski definition) is 1. The standard InChI is InChI=1S/C6H3BrClN3/c7-6-9-3-1-2-4(8)10-5(3)11-6/h1-2H,(H,9,10,11). The molecule has 2 heterocycles. The number of nitrogens with zero attached hydrogens (tertiary/aromatic N) is 2. The summed E-state index contributed by atoms with van der Waals surface area (Å²) in [6.07, 6.45) is 0. The van der Waals surface area contributed by atoms with Crippen LogP contribution in [0.25, 0.3) is 11.2 Å². The number of hydrogen-bond acceptors (Lipinski definition) is 2. The second-order valence-electron chi connectivity index (χ2n) is 2.03. The first-order valence-corrected chi connectivity index (χ1v) is 4.10. The Labute approximate surface area is 75.9 Å². The summed E-state index contributed by atoms with van der Waals surface area (Å²) >= 11 is 8.85. The maximum atomic E-state index is 5.65. The van der Waals surface area contributed by atoms with Crippen molar-refractivity contribution in [3.63, 3.8) is 0 Å². The summed E-state index contributed by atoms with van der Waals surface area (Å²) in [5, 5.41) is 0.455. The van der Waals surface area contributed by atoms with Gasteiger partial charge in [0.15, 0.2) is 10.4 Å². The molecule has 3 nitrogen and oxygen atoms in total. The largest absolute Gasteiger partial charge is 0.331 e. The smallest absolute Gasteiger partial charge is 0.180 e. The predicted molar refractivity (Wildman–Crippen MR) is 46.6 cm³/mol. The van der Waals surface area contributed by atoms with Gasteiger partial charge in [-0.05, 0) is 28.1 Å². The third kappa shape index (κ3) is 1.23. The highest BCUT2D eigenvalue weighted by molar-refractivity contribution is 9.10. The molecule has 5 heteroatoms. The third-order valence-electron chi connectivity index (χ3n) is 1.28. The molecule has 0 radical (unpaired) electrons. The summed E-state index contributed by atoms with van der Waals surface area (Å²) in [6, 6.07) is 3.55. The van der Waals surface area contributed by atoms with Crippen LogP contribution in [0, 0.1) is 0 Å². The maximum Gasteiger partial charge on any atom is 0.180 e. The van der Waals surface area contributed by atoms with Gasteiger partial charge in [0.05, 0.1) is 5.52 Å². The highest BCUT2D eigenvalue weighted by atomic mass is 79.9. The second kappa shape index (κ2) is 2.46. The lowest BCUT2D eigenvalue weighted by Crippen LogP contribution is -1.75. The van der Waals surface area contributed by atoms with E-state index in [4.69, 9.17) is 11.6 Å². The lowest BCUT2D eigenvalue weighted by molar-refractivity contribution is 1.24. The number of imidazole rings is 1. The summed E-state index contributed by atoms with van der Waals surface area (Å²) in [4.78, 5) is 11.0. The Morgan fingerprint density at radius 3 is 3.00 bits per heavy atom. The van der Waals surface area contributed by atoms with Crippen molar-refractivity contribution in [2.45, 2.75) is 0 Å². The molecule has 0 aromatic carbocycles. The van der Waals surface area contributed by atoms with Crippen molar-refractivity contribution in [3.05, 3.63) is 22.0 Å². The summed E-state index contributed by atoms with van der Waals surface area (Å²) < 4.78 is 0.669. The van der Waals surface area contributed by atoms with Gasteiger partial charge in [-0.15, -0.1) is 0 Å². The van der Waals surface area contributed by atoms with Crippen LogP contribution in [0.5, 0.6) is 0 Å². The molecule has 0 unspecified atom stereocenters. The average Bonchev–Trinajstić information content (AvgIpc) is 2.27. The third-order valence-corrected chi connectivity index (χ3v) is 1.87. The van der Waals surface area contributed by atoms with Gasteiger partial charge in [0.2, 0.25) is 0 Å². The molecule has 56 valence electrons. The monoisotopic (exact) mass is 231 g/mol. The van der Waals surface area contributed by atoms with E-state index in [0.29, 0.717) is 15.5 Å². The van der Waals surface area contributed by atoms with Gasteiger partial charge in [0.1, 0.15) is 5.15 Å². The van der Waals surface area contributed by atoms with Crippen molar-refractivity contribution in [3.8, 4) is 0 Å². The first-order valence-electron chi connectivity index (χ1n) is 2.93. The predicted octanol–water partition coefficient (Wildman–Crippen LogP) is 2.37. The molecule has 0 fully saturated rings. The summed E-state index contributed by atoms with van der Waals surface area (Å²) in [5.74, 6) is 0. The number of H-pyrrole nitrogens is 1. The van der Waals surface area contributed by atoms with E-state index in [9.17, 15) is 0 Å². The summed E-state index contributed by atoms with van der Waals surface area (Å²) in [6.45, 7) is 0. The minimum atomic E-state index is 0.455. The van der Waals surface area contributed by atoms with E-state index in [2.05, 4.69) is 30.9 Å². The molecule has 11 heavy (non-hydrogen) atoms. The first-order chi connectivity index (χ1) is 5.25. The van der Waals surface area contributed by atoms with Gasteiger partial charge in [-0.3, -0.25) is 0 Å². The highest BCUT2D eigenvalue weighted by Crippen LogP contribution is 2.15. The fourth-order valence-corrected chi connectivity index (χ4v) is 1.36. The number of aromatic amines is 1. The van der Waals surface area contributed by atoms with Crippen LogP contribution in [0.2, 0.25) is 5.15 Å². The van der Waals surface area contributed by atoms with Crippen molar-refractivity contribution in [2.24, 2.45) is 0 Å². The molecule has 2 aromatic rings. The Morgan fingerprint density at radius 1 is 1.36 bits per heavy atom. The number of rotatable bonds is 0. The van der Waals surface area contributed by atoms with Gasteiger partial charge in [-0.1, -0.05) is 11.6 Å². The van der Waals surface area contributed by atoms with E-state index >= 15 is 0 Å². The lowest BCUT2D eigenvalue weighted by Gasteiger charge is -1.86. The molecule has 0 amide bonds. The molecule has 0 spiro atoms. The van der Waals surface area contributed by atoms with Crippen LogP contribution in [-0.4, -0.2) is 15.0 Å². The maximum absolute atomic E-state index is 5.65. The van der Waals surface area contributed by atoms with Gasteiger partial charge in [0, 0.05) is 0 Å². The topological polar surface area (TPSA) is 41.6 Å². The van der Waals surface area contributed by atoms with Crippen LogP contribution in [0.3, 0.4) is 0 Å². The van der Waals surface area contributed by atoms with Gasteiger partial charge in [-0.2, -0.15) is 0 Å². The van der Waals surface area contributed by atoms with E-state index in [-0.39, 0.29) is 0 Å². The lowest BCUT2D eigenvalue weighted by atomic mass is 10.4. The molecule has 0 aliphatic carbocycles. The van der Waals surface area contributed by atoms with Gasteiger partial charge < -0.3 is 4.98 Å². The van der Waals surface area contributed by atoms with Crippen LogP contribution < -0.4 is 0 Å². The normalized spacial score (nSPS) is 10.7. The van der Waals surface area contributed by atoms with E-state index in [1.54, 1.807) is 6.07 Å². The fraction of sp³-hybridized carbons (Fsp3) is 0. The van der Waals surface area contributed by atoms with Crippen molar-refractivity contribution < 1.29 is 0 Å². The number of aromatic nitrogens is 3. The fourth-order valence-electron chi connectivity index (χ4n) is 0.840. The van der Waals surface area contributed by atoms with Gasteiger partial charge in [-0.25, -0.2) is 9.97 Å². The molecule has 0 aliphatic rings. The zero-order valence-corrected chi connectivity index (χ0v) is 7.65. The molecule has 0 saturated carbocycles. The second-order valence-corrected chi connectivity index (χ2v) is 3.17. The van der Waals surface area contributed by atoms with Crippen LogP contribution in [-0.2, 0) is 0 Å². The Balaban J connectivity index is 2.82. The molecular formula is C6H3BrClN3. The van der Waals surface area contributed by atoms with E-state index in [0.717, 1.165) is 5.52 Å². The first kappa shape index (κ1) is 7.06. The Bertz CT molecular complexity index is 398. The minimum absolute atomic E-state index is 0.455. The summed E-state index contributed by atoms with van der Waals surface area (Å²) in [5.41, 5.74) is 1.51. The Hall–Kier alpha value is -0.610. The molecule has 0 aliphatic heterocycles. The van der Waals surface area contributed by atoms with Crippen LogP contribution in [0.15, 0.2) is 16.9 Å².